The molecule has 24 heavy (non-hydrogen) atoms. The first-order valence-corrected chi connectivity index (χ1v) is 8.44. The second-order valence-corrected chi connectivity index (χ2v) is 6.82. The summed E-state index contributed by atoms with van der Waals surface area (Å²) in [6.07, 6.45) is -0.167. The van der Waals surface area contributed by atoms with Gasteiger partial charge in [-0.05, 0) is 13.3 Å². The number of aryl methyl sites for hydroxylation is 1. The highest BCUT2D eigenvalue weighted by atomic mass is 32.1. The summed E-state index contributed by atoms with van der Waals surface area (Å²) in [4.78, 5) is 24.8. The molecule has 8 nitrogen and oxygen atoms in total. The number of nitrogens with zero attached hydrogens (tertiary/aromatic N) is 2. The lowest BCUT2D eigenvalue weighted by Crippen LogP contribution is -2.42. The minimum absolute atomic E-state index is 0.179. The van der Waals surface area contributed by atoms with Crippen LogP contribution < -0.4 is 16.6 Å². The Labute approximate surface area is 149 Å². The molecule has 0 amide bonds. The average Bonchev–Trinajstić information content (AvgIpc) is 2.90. The second kappa shape index (κ2) is 8.26. The Morgan fingerprint density at radius 3 is 2.83 bits per heavy atom. The highest BCUT2D eigenvalue weighted by Crippen LogP contribution is 2.27. The third kappa shape index (κ3) is 4.25. The van der Waals surface area contributed by atoms with E-state index in [-0.39, 0.29) is 25.1 Å². The number of ether oxygens (including phenoxy) is 1. The number of hydrogen-bond donors (Lipinski definition) is 4. The molecule has 1 aliphatic rings. The predicted molar refractivity (Wildman–Crippen MR) is 95.5 cm³/mol. The number of rotatable bonds is 6. The zero-order chi connectivity index (χ0) is 17.9. The molecule has 2 rings (SSSR count). The molecule has 2 heterocycles. The third-order valence-electron chi connectivity index (χ3n) is 3.90. The second-order valence-electron chi connectivity index (χ2n) is 5.66. The van der Waals surface area contributed by atoms with Crippen LogP contribution in [-0.2, 0) is 11.3 Å². The summed E-state index contributed by atoms with van der Waals surface area (Å²) >= 11 is 8.72. The fraction of sp³-hybridized carbons (Fsp3) is 0.643. The smallest absolute Gasteiger partial charge is 0.333 e. The number of thiocarbonyl (C=S) groups is 1. The maximum atomic E-state index is 12.6. The van der Waals surface area contributed by atoms with E-state index in [1.54, 1.807) is 6.92 Å². The standard InChI is InChI=1S/C14H21N3O5S2/c1-8-6-17(11-5-9(19)10(7-18)22-11)14(21)16(12(8)20)4-2-3-15-13(23)24/h6,9-11,18-19H,2-5,7H2,1H3,(H2,15,23,24)/t9-,10+,11+/m0/s1. The molecule has 0 saturated carbocycles. The molecule has 0 radical (unpaired) electrons. The summed E-state index contributed by atoms with van der Waals surface area (Å²) in [6.45, 7) is 2.00. The molecule has 1 aromatic heterocycles. The van der Waals surface area contributed by atoms with Gasteiger partial charge in [0.05, 0.1) is 12.7 Å². The van der Waals surface area contributed by atoms with Gasteiger partial charge in [0.2, 0.25) is 0 Å². The highest BCUT2D eigenvalue weighted by Gasteiger charge is 2.35. The molecular weight excluding hydrogens is 354 g/mol. The van der Waals surface area contributed by atoms with Gasteiger partial charge in [-0.3, -0.25) is 13.9 Å². The summed E-state index contributed by atoms with van der Waals surface area (Å²) in [5, 5.41) is 21.8. The molecule has 1 aliphatic heterocycles. The molecule has 0 aliphatic carbocycles. The first-order valence-electron chi connectivity index (χ1n) is 7.59. The number of aliphatic hydroxyl groups excluding tert-OH is 2. The van der Waals surface area contributed by atoms with E-state index in [2.05, 4.69) is 17.9 Å². The molecular formula is C14H21N3O5S2. The van der Waals surface area contributed by atoms with Crippen LogP contribution in [0.4, 0.5) is 0 Å². The van der Waals surface area contributed by atoms with Gasteiger partial charge in [-0.25, -0.2) is 4.79 Å². The van der Waals surface area contributed by atoms with E-state index in [0.717, 1.165) is 4.57 Å². The van der Waals surface area contributed by atoms with Crippen LogP contribution >= 0.6 is 24.8 Å². The van der Waals surface area contributed by atoms with Crippen LogP contribution in [0.5, 0.6) is 0 Å². The summed E-state index contributed by atoms with van der Waals surface area (Å²) < 4.78 is 8.30. The van der Waals surface area contributed by atoms with Crippen molar-refractivity contribution >= 4 is 29.2 Å². The molecule has 10 heteroatoms. The number of hydrogen-bond acceptors (Lipinski definition) is 6. The summed E-state index contributed by atoms with van der Waals surface area (Å²) in [5.41, 5.74) is -0.463. The lowest BCUT2D eigenvalue weighted by atomic mass is 10.2. The Balaban J connectivity index is 2.23. The maximum absolute atomic E-state index is 12.6. The number of aliphatic hydroxyl groups is 2. The van der Waals surface area contributed by atoms with Gasteiger partial charge in [0, 0.05) is 31.3 Å². The maximum Gasteiger partial charge on any atom is 0.333 e. The van der Waals surface area contributed by atoms with Crippen molar-refractivity contribution in [1.29, 1.82) is 0 Å². The fourth-order valence-electron chi connectivity index (χ4n) is 2.64. The van der Waals surface area contributed by atoms with Gasteiger partial charge in [0.25, 0.3) is 5.56 Å². The van der Waals surface area contributed by atoms with Gasteiger partial charge in [-0.2, -0.15) is 0 Å². The zero-order valence-electron chi connectivity index (χ0n) is 13.2. The van der Waals surface area contributed by atoms with E-state index >= 15 is 0 Å². The van der Waals surface area contributed by atoms with Gasteiger partial charge < -0.3 is 20.3 Å². The molecule has 134 valence electrons. The quantitative estimate of drug-likeness (QED) is 0.292. The van der Waals surface area contributed by atoms with Crippen molar-refractivity contribution in [2.45, 2.75) is 44.7 Å². The predicted octanol–water partition coefficient (Wildman–Crippen LogP) is -0.846. The van der Waals surface area contributed by atoms with Gasteiger partial charge in [-0.1, -0.05) is 12.2 Å². The van der Waals surface area contributed by atoms with Gasteiger partial charge in [0.1, 0.15) is 16.7 Å². The Kier molecular flexibility index (Phi) is 6.58. The third-order valence-corrected chi connectivity index (χ3v) is 4.20. The van der Waals surface area contributed by atoms with E-state index < -0.39 is 24.1 Å². The van der Waals surface area contributed by atoms with Crippen LogP contribution in [0.15, 0.2) is 15.8 Å². The molecule has 0 unspecified atom stereocenters. The molecule has 3 N–H and O–H groups in total. The van der Waals surface area contributed by atoms with Crippen molar-refractivity contribution < 1.29 is 14.9 Å². The van der Waals surface area contributed by atoms with Crippen molar-refractivity contribution in [2.75, 3.05) is 13.2 Å². The number of nitrogens with one attached hydrogen (secondary N) is 1. The Morgan fingerprint density at radius 2 is 2.25 bits per heavy atom. The van der Waals surface area contributed by atoms with Crippen molar-refractivity contribution in [1.82, 2.24) is 14.5 Å². The van der Waals surface area contributed by atoms with Crippen LogP contribution in [0.2, 0.25) is 0 Å². The normalized spacial score (nSPS) is 23.4. The van der Waals surface area contributed by atoms with Gasteiger partial charge >= 0.3 is 5.69 Å². The minimum atomic E-state index is -0.854. The lowest BCUT2D eigenvalue weighted by molar-refractivity contribution is -0.0464. The fourth-order valence-corrected chi connectivity index (χ4v) is 2.86. The molecule has 1 aromatic rings. The van der Waals surface area contributed by atoms with Crippen LogP contribution in [0.3, 0.4) is 0 Å². The summed E-state index contributed by atoms with van der Waals surface area (Å²) in [7, 11) is 0. The van der Waals surface area contributed by atoms with Crippen LogP contribution in [-0.4, -0.2) is 49.0 Å². The largest absolute Gasteiger partial charge is 0.394 e. The van der Waals surface area contributed by atoms with Crippen molar-refractivity contribution in [3.63, 3.8) is 0 Å². The van der Waals surface area contributed by atoms with E-state index in [1.807, 2.05) is 0 Å². The Hall–Kier alpha value is -1.20. The highest BCUT2D eigenvalue weighted by molar-refractivity contribution is 8.11. The molecule has 0 aromatic carbocycles. The van der Waals surface area contributed by atoms with Crippen LogP contribution in [0, 0.1) is 6.92 Å². The SMILES string of the molecule is Cc1cn([C@H]2C[C@H](O)[C@@H](CO)O2)c(=O)n(CCCNC(=S)S)c1=O. The monoisotopic (exact) mass is 375 g/mol. The number of thiol groups is 1. The first kappa shape index (κ1) is 19.1. The van der Waals surface area contributed by atoms with Crippen molar-refractivity contribution in [3.05, 3.63) is 32.6 Å². The van der Waals surface area contributed by atoms with E-state index in [0.29, 0.717) is 22.8 Å². The van der Waals surface area contributed by atoms with Crippen molar-refractivity contribution in [3.8, 4) is 0 Å². The van der Waals surface area contributed by atoms with Crippen LogP contribution in [0.25, 0.3) is 0 Å². The zero-order valence-corrected chi connectivity index (χ0v) is 14.9. The topological polar surface area (TPSA) is 106 Å². The lowest BCUT2D eigenvalue weighted by Gasteiger charge is -2.17. The van der Waals surface area contributed by atoms with Gasteiger partial charge in [-0.15, -0.1) is 12.6 Å². The number of aromatic nitrogens is 2. The molecule has 1 fully saturated rings. The average molecular weight is 375 g/mol. The molecule has 0 spiro atoms. The molecule has 0 bridgehead atoms. The molecule has 3 atom stereocenters. The Morgan fingerprint density at radius 1 is 1.54 bits per heavy atom. The summed E-state index contributed by atoms with van der Waals surface area (Å²) in [6, 6.07) is 0. The van der Waals surface area contributed by atoms with E-state index in [9.17, 15) is 14.7 Å². The minimum Gasteiger partial charge on any atom is -0.394 e. The van der Waals surface area contributed by atoms with Crippen LogP contribution in [0.1, 0.15) is 24.6 Å². The van der Waals surface area contributed by atoms with Crippen molar-refractivity contribution in [2.24, 2.45) is 0 Å². The molecule has 1 saturated heterocycles. The van der Waals surface area contributed by atoms with E-state index in [4.69, 9.17) is 22.1 Å². The van der Waals surface area contributed by atoms with Gasteiger partial charge in [0.15, 0.2) is 0 Å². The summed E-state index contributed by atoms with van der Waals surface area (Å²) in [5.74, 6) is 0. The Bertz CT molecular complexity index is 717. The van der Waals surface area contributed by atoms with E-state index in [1.165, 1.54) is 10.8 Å². The first-order chi connectivity index (χ1) is 11.3.